The minimum atomic E-state index is 1.08. The van der Waals surface area contributed by atoms with Crippen molar-refractivity contribution in [3.05, 3.63) is 243 Å². The van der Waals surface area contributed by atoms with Gasteiger partial charge in [0, 0.05) is 38.7 Å². The van der Waals surface area contributed by atoms with Crippen LogP contribution in [0.5, 0.6) is 0 Å². The van der Waals surface area contributed by atoms with Crippen LogP contribution in [0.3, 0.4) is 0 Å². The summed E-state index contributed by atoms with van der Waals surface area (Å²) in [6, 6.07) is 87.9. The van der Waals surface area contributed by atoms with E-state index in [0.29, 0.717) is 0 Å². The first-order valence-corrected chi connectivity index (χ1v) is 20.6. The van der Waals surface area contributed by atoms with E-state index in [4.69, 9.17) is 0 Å². The Balaban J connectivity index is 1.11. The van der Waals surface area contributed by atoms with E-state index in [9.17, 15) is 0 Å². The second-order valence-electron chi connectivity index (χ2n) is 15.3. The first kappa shape index (κ1) is 35.2. The van der Waals surface area contributed by atoms with Gasteiger partial charge in [-0.25, -0.2) is 0 Å². The molecule has 0 radical (unpaired) electrons. The van der Waals surface area contributed by atoms with Crippen LogP contribution in [-0.4, -0.2) is 4.57 Å². The lowest BCUT2D eigenvalue weighted by molar-refractivity contribution is 1.18. The third-order valence-corrected chi connectivity index (χ3v) is 11.8. The Morgan fingerprint density at radius 2 is 0.750 bits per heavy atom. The van der Waals surface area contributed by atoms with Crippen molar-refractivity contribution in [3.63, 3.8) is 0 Å². The van der Waals surface area contributed by atoms with Gasteiger partial charge in [-0.05, 0) is 81.2 Å². The highest BCUT2D eigenvalue weighted by Gasteiger charge is 2.22. The average molecular weight is 765 g/mol. The van der Waals surface area contributed by atoms with Crippen molar-refractivity contribution in [2.24, 2.45) is 0 Å². The Morgan fingerprint density at radius 1 is 0.283 bits per heavy atom. The van der Waals surface area contributed by atoms with Crippen molar-refractivity contribution in [2.75, 3.05) is 4.90 Å². The van der Waals surface area contributed by atoms with Crippen molar-refractivity contribution in [3.8, 4) is 50.2 Å². The maximum absolute atomic E-state index is 2.44. The zero-order valence-corrected chi connectivity index (χ0v) is 33.0. The molecule has 0 amide bonds. The molecule has 0 spiro atoms. The number of rotatable bonds is 8. The molecule has 0 aliphatic rings. The molecule has 2 heteroatoms. The van der Waals surface area contributed by atoms with Gasteiger partial charge in [-0.15, -0.1) is 0 Å². The number of nitrogens with zero attached hydrogens (tertiary/aromatic N) is 2. The van der Waals surface area contributed by atoms with E-state index in [0.717, 1.165) is 28.3 Å². The summed E-state index contributed by atoms with van der Waals surface area (Å²) in [5.74, 6) is 0. The molecule has 0 fully saturated rings. The lowest BCUT2D eigenvalue weighted by Crippen LogP contribution is -2.12. The third-order valence-electron chi connectivity index (χ3n) is 11.8. The van der Waals surface area contributed by atoms with Gasteiger partial charge in [0.1, 0.15) is 0 Å². The summed E-state index contributed by atoms with van der Waals surface area (Å²) in [7, 11) is 0. The van der Waals surface area contributed by atoms with Crippen LogP contribution < -0.4 is 4.90 Å². The summed E-state index contributed by atoms with van der Waals surface area (Å²) >= 11 is 0. The molecule has 0 unspecified atom stereocenters. The van der Waals surface area contributed by atoms with Gasteiger partial charge in [0.25, 0.3) is 0 Å². The van der Waals surface area contributed by atoms with Crippen LogP contribution in [0.15, 0.2) is 243 Å². The smallest absolute Gasteiger partial charge is 0.0618 e. The Hall–Kier alpha value is -7.94. The van der Waals surface area contributed by atoms with Crippen LogP contribution in [0.1, 0.15) is 0 Å². The van der Waals surface area contributed by atoms with Gasteiger partial charge in [0.05, 0.1) is 22.4 Å². The van der Waals surface area contributed by atoms with E-state index >= 15 is 0 Å². The minimum absolute atomic E-state index is 1.08. The van der Waals surface area contributed by atoms with Crippen LogP contribution in [0.4, 0.5) is 17.1 Å². The first-order chi connectivity index (χ1) is 29.8. The van der Waals surface area contributed by atoms with Crippen LogP contribution in [0.25, 0.3) is 82.8 Å². The molecule has 0 bridgehead atoms. The summed E-state index contributed by atoms with van der Waals surface area (Å²) < 4.78 is 2.44. The molecule has 0 aliphatic carbocycles. The van der Waals surface area contributed by atoms with Gasteiger partial charge in [-0.1, -0.05) is 200 Å². The lowest BCUT2D eigenvalue weighted by Gasteiger charge is -2.30. The summed E-state index contributed by atoms with van der Waals surface area (Å²) in [6.45, 7) is 0. The minimum Gasteiger partial charge on any atom is -0.309 e. The van der Waals surface area contributed by atoms with Crippen LogP contribution in [0, 0.1) is 0 Å². The summed E-state index contributed by atoms with van der Waals surface area (Å²) in [4.78, 5) is 2.44. The molecule has 0 aliphatic heterocycles. The molecule has 11 aromatic rings. The van der Waals surface area contributed by atoms with Crippen LogP contribution in [0.2, 0.25) is 0 Å². The standard InChI is InChI=1S/C58H40N2/c1-4-17-41(18-5-1)42-31-36-47(37-32-42)59(58-50-24-11-10-21-44(50)35-40-51(58)43-19-6-2-7-20-43)48-38-33-45(34-39-48)49-27-16-30-56(57(49)46-22-8-3-9-23-46)60-54-28-14-12-25-52(54)53-26-13-15-29-55(53)60/h1-40H. The van der Waals surface area contributed by atoms with E-state index in [1.54, 1.807) is 0 Å². The van der Waals surface area contributed by atoms with Gasteiger partial charge >= 0.3 is 0 Å². The van der Waals surface area contributed by atoms with Crippen molar-refractivity contribution in [2.45, 2.75) is 0 Å². The maximum Gasteiger partial charge on any atom is 0.0618 e. The molecule has 10 aromatic carbocycles. The number of benzene rings is 10. The number of anilines is 3. The van der Waals surface area contributed by atoms with Gasteiger partial charge in [-0.3, -0.25) is 0 Å². The Bertz CT molecular complexity index is 3220. The fourth-order valence-electron chi connectivity index (χ4n) is 9.03. The van der Waals surface area contributed by atoms with Gasteiger partial charge in [-0.2, -0.15) is 0 Å². The molecular weight excluding hydrogens is 725 g/mol. The average Bonchev–Trinajstić information content (AvgIpc) is 3.67. The molecule has 0 atom stereocenters. The van der Waals surface area contributed by atoms with Crippen molar-refractivity contribution >= 4 is 49.6 Å². The Labute approximate surface area is 350 Å². The predicted octanol–water partition coefficient (Wildman–Crippen LogP) is 16.1. The monoisotopic (exact) mass is 764 g/mol. The maximum atomic E-state index is 2.44. The van der Waals surface area contributed by atoms with E-state index in [1.807, 2.05) is 0 Å². The molecular formula is C58H40N2. The predicted molar refractivity (Wildman–Crippen MR) is 255 cm³/mol. The second-order valence-corrected chi connectivity index (χ2v) is 15.3. The number of hydrogen-bond donors (Lipinski definition) is 0. The lowest BCUT2D eigenvalue weighted by atomic mass is 9.92. The highest BCUT2D eigenvalue weighted by molar-refractivity contribution is 6.10. The molecule has 1 aromatic heterocycles. The summed E-state index contributed by atoms with van der Waals surface area (Å²) in [5, 5.41) is 4.90. The number of fused-ring (bicyclic) bond motifs is 4. The zero-order valence-electron chi connectivity index (χ0n) is 33.0. The van der Waals surface area contributed by atoms with Gasteiger partial charge in [0.15, 0.2) is 0 Å². The SMILES string of the molecule is c1ccc(-c2ccc(N(c3ccc(-c4cccc(-n5c6ccccc6c6ccccc65)c4-c4ccccc4)cc3)c3c(-c4ccccc4)ccc4ccccc34)cc2)cc1. The molecule has 11 rings (SSSR count). The first-order valence-electron chi connectivity index (χ1n) is 20.6. The molecule has 0 N–H and O–H groups in total. The van der Waals surface area contributed by atoms with E-state index in [-0.39, 0.29) is 0 Å². The van der Waals surface area contributed by atoms with Crippen molar-refractivity contribution < 1.29 is 0 Å². The van der Waals surface area contributed by atoms with Crippen molar-refractivity contribution in [1.29, 1.82) is 0 Å². The van der Waals surface area contributed by atoms with Gasteiger partial charge < -0.3 is 9.47 Å². The van der Waals surface area contributed by atoms with E-state index < -0.39 is 0 Å². The van der Waals surface area contributed by atoms with Crippen LogP contribution in [-0.2, 0) is 0 Å². The molecule has 0 saturated heterocycles. The second kappa shape index (κ2) is 15.1. The molecule has 0 saturated carbocycles. The Morgan fingerprint density at radius 3 is 1.37 bits per heavy atom. The van der Waals surface area contributed by atoms with Crippen LogP contribution >= 0.6 is 0 Å². The summed E-state index contributed by atoms with van der Waals surface area (Å²) in [6.07, 6.45) is 0. The number of hydrogen-bond acceptors (Lipinski definition) is 1. The van der Waals surface area contributed by atoms with E-state index in [1.165, 1.54) is 71.5 Å². The quantitative estimate of drug-likeness (QED) is 0.150. The highest BCUT2D eigenvalue weighted by atomic mass is 15.1. The fraction of sp³-hybridized carbons (Fsp3) is 0. The summed E-state index contributed by atoms with van der Waals surface area (Å²) in [5.41, 5.74) is 16.3. The third kappa shape index (κ3) is 6.14. The largest absolute Gasteiger partial charge is 0.309 e. The molecule has 60 heavy (non-hydrogen) atoms. The molecule has 1 heterocycles. The van der Waals surface area contributed by atoms with Crippen molar-refractivity contribution in [1.82, 2.24) is 4.57 Å². The number of aromatic nitrogens is 1. The zero-order chi connectivity index (χ0) is 39.8. The normalized spacial score (nSPS) is 11.3. The molecule has 2 nitrogen and oxygen atoms in total. The molecule has 282 valence electrons. The number of para-hydroxylation sites is 2. The van der Waals surface area contributed by atoms with Gasteiger partial charge in [0.2, 0.25) is 0 Å². The van der Waals surface area contributed by atoms with E-state index in [2.05, 4.69) is 252 Å². The fourth-order valence-corrected chi connectivity index (χ4v) is 9.03. The highest BCUT2D eigenvalue weighted by Crippen LogP contribution is 2.47. The topological polar surface area (TPSA) is 8.17 Å². The Kier molecular flexibility index (Phi) is 8.87.